The number of likely N-dealkylation sites (tertiary alicyclic amines) is 1. The summed E-state index contributed by atoms with van der Waals surface area (Å²) >= 11 is 0. The number of rotatable bonds is 8. The molecule has 2 heterocycles. The summed E-state index contributed by atoms with van der Waals surface area (Å²) in [6.45, 7) is 10.9. The Morgan fingerprint density at radius 3 is 1.53 bits per heavy atom. The van der Waals surface area contributed by atoms with E-state index in [1.807, 2.05) is 25.7 Å². The number of hydrogen-bond donors (Lipinski definition) is 1. The molecule has 2 aromatic carbocycles. The number of amides is 1. The Bertz CT molecular complexity index is 1450. The van der Waals surface area contributed by atoms with Gasteiger partial charge in [-0.2, -0.15) is 17.6 Å². The van der Waals surface area contributed by atoms with Gasteiger partial charge >= 0.3 is 17.9 Å². The van der Waals surface area contributed by atoms with Crippen molar-refractivity contribution in [1.82, 2.24) is 10.2 Å². The number of halogens is 4. The first-order valence-electron chi connectivity index (χ1n) is 16.9. The number of carbonyl (C=O) groups excluding carboxylic acids is 5. The standard InChI is InChI=1S/C20H12F4O6.C12H23NO2.C5H11N/c21-19(22)15-5-11(17(27)7-29-9-25)1-3-13(15)14-4-2-12(18(28)8-30-10-26)6-16(14)20(19,23)24;1-9-7-6-8-10(2)13(9)11(14)15-12(3,4)5;1-2-4-6-5-3-1/h1-6,9-10H,7-8H2;9-10H,6-8H2,1-5H3;6H,1-5H2/t;9-,10?;/m.1./s1. The average Bonchev–Trinajstić information content (AvgIpc) is 3.09. The minimum Gasteiger partial charge on any atom is -0.459 e. The zero-order valence-electron chi connectivity index (χ0n) is 29.6. The predicted molar refractivity (Wildman–Crippen MR) is 180 cm³/mol. The summed E-state index contributed by atoms with van der Waals surface area (Å²) in [7, 11) is 0. The number of ketones is 2. The molecule has 2 aromatic rings. The molecule has 280 valence electrons. The molecule has 1 aliphatic carbocycles. The highest BCUT2D eigenvalue weighted by molar-refractivity contribution is 6.00. The van der Waals surface area contributed by atoms with Crippen molar-refractivity contribution in [3.05, 3.63) is 58.7 Å². The van der Waals surface area contributed by atoms with E-state index in [2.05, 4.69) is 28.6 Å². The molecule has 0 radical (unpaired) electrons. The third-order valence-corrected chi connectivity index (χ3v) is 8.61. The molecular formula is C37H46F4N2O8. The number of nitrogens with zero attached hydrogens (tertiary/aromatic N) is 1. The molecule has 51 heavy (non-hydrogen) atoms. The highest BCUT2D eigenvalue weighted by Gasteiger charge is 2.63. The van der Waals surface area contributed by atoms with Crippen molar-refractivity contribution in [3.63, 3.8) is 0 Å². The summed E-state index contributed by atoms with van der Waals surface area (Å²) in [5.74, 6) is -11.1. The van der Waals surface area contributed by atoms with Crippen molar-refractivity contribution in [3.8, 4) is 11.1 Å². The van der Waals surface area contributed by atoms with Gasteiger partial charge < -0.3 is 24.4 Å². The van der Waals surface area contributed by atoms with Crippen LogP contribution in [0, 0.1) is 0 Å². The van der Waals surface area contributed by atoms with Crippen LogP contribution < -0.4 is 5.32 Å². The molecule has 0 bridgehead atoms. The maximum atomic E-state index is 14.8. The molecule has 1 amide bonds. The third-order valence-electron chi connectivity index (χ3n) is 8.61. The van der Waals surface area contributed by atoms with Crippen molar-refractivity contribution in [2.45, 2.75) is 103 Å². The van der Waals surface area contributed by atoms with Crippen molar-refractivity contribution < 1.29 is 55.7 Å². The number of hydrogen-bond acceptors (Lipinski definition) is 9. The summed E-state index contributed by atoms with van der Waals surface area (Å²) in [4.78, 5) is 58.0. The maximum absolute atomic E-state index is 14.8. The van der Waals surface area contributed by atoms with E-state index in [0.717, 1.165) is 37.1 Å². The molecule has 0 aromatic heterocycles. The van der Waals surface area contributed by atoms with E-state index in [1.165, 1.54) is 38.8 Å². The number of ether oxygens (including phenoxy) is 3. The van der Waals surface area contributed by atoms with E-state index in [9.17, 15) is 41.5 Å². The number of carbonyl (C=O) groups is 5. The molecular weight excluding hydrogens is 676 g/mol. The van der Waals surface area contributed by atoms with Gasteiger partial charge in [0.25, 0.3) is 12.9 Å². The van der Waals surface area contributed by atoms with Gasteiger partial charge in [0.1, 0.15) is 5.60 Å². The number of Topliss-reactive ketones (excluding diaryl/α,β-unsaturated/α-hetero) is 2. The van der Waals surface area contributed by atoms with Crippen LogP contribution in [-0.2, 0) is 35.6 Å². The third kappa shape index (κ3) is 10.4. The first-order valence-corrected chi connectivity index (χ1v) is 16.9. The molecule has 10 nitrogen and oxygen atoms in total. The Morgan fingerprint density at radius 1 is 0.765 bits per heavy atom. The minimum absolute atomic E-state index is 0.00563. The lowest BCUT2D eigenvalue weighted by Crippen LogP contribution is -2.49. The van der Waals surface area contributed by atoms with E-state index < -0.39 is 53.4 Å². The Kier molecular flexibility index (Phi) is 14.3. The lowest BCUT2D eigenvalue weighted by Gasteiger charge is -2.39. The Hall–Kier alpha value is -4.33. The van der Waals surface area contributed by atoms with Crippen LogP contribution in [0.3, 0.4) is 0 Å². The summed E-state index contributed by atoms with van der Waals surface area (Å²) in [6.07, 6.45) is 7.43. The van der Waals surface area contributed by atoms with Gasteiger partial charge in [0.05, 0.1) is 0 Å². The van der Waals surface area contributed by atoms with Crippen LogP contribution in [0.4, 0.5) is 22.4 Å². The lowest BCUT2D eigenvalue weighted by molar-refractivity contribution is -0.225. The molecule has 5 rings (SSSR count). The van der Waals surface area contributed by atoms with E-state index in [-0.39, 0.29) is 41.3 Å². The van der Waals surface area contributed by atoms with Crippen LogP contribution in [0.1, 0.15) is 105 Å². The molecule has 2 saturated heterocycles. The monoisotopic (exact) mass is 722 g/mol. The summed E-state index contributed by atoms with van der Waals surface area (Å²) < 4.78 is 73.1. The smallest absolute Gasteiger partial charge is 0.410 e. The maximum Gasteiger partial charge on any atom is 0.410 e. The molecule has 1 unspecified atom stereocenters. The summed E-state index contributed by atoms with van der Waals surface area (Å²) in [6, 6.07) is 6.36. The molecule has 1 N–H and O–H groups in total. The predicted octanol–water partition coefficient (Wildman–Crippen LogP) is 7.21. The molecule has 2 aliphatic heterocycles. The molecule has 2 fully saturated rings. The topological polar surface area (TPSA) is 128 Å². The molecule has 2 atom stereocenters. The van der Waals surface area contributed by atoms with Crippen LogP contribution >= 0.6 is 0 Å². The van der Waals surface area contributed by atoms with Crippen molar-refractivity contribution in [2.75, 3.05) is 26.3 Å². The Morgan fingerprint density at radius 2 is 1.20 bits per heavy atom. The normalized spacial score (nSPS) is 20.0. The number of benzene rings is 2. The number of piperidine rings is 2. The fraction of sp³-hybridized carbons (Fsp3) is 0.541. The van der Waals surface area contributed by atoms with Crippen LogP contribution in [0.25, 0.3) is 11.1 Å². The molecule has 3 aliphatic rings. The zero-order valence-corrected chi connectivity index (χ0v) is 29.6. The van der Waals surface area contributed by atoms with Crippen molar-refractivity contribution >= 4 is 30.6 Å². The number of nitrogens with one attached hydrogen (secondary N) is 1. The van der Waals surface area contributed by atoms with Gasteiger partial charge in [0.2, 0.25) is 0 Å². The molecule has 0 spiro atoms. The largest absolute Gasteiger partial charge is 0.459 e. The second-order valence-electron chi connectivity index (χ2n) is 13.7. The second kappa shape index (κ2) is 17.7. The molecule has 14 heteroatoms. The minimum atomic E-state index is -4.70. The number of alkyl halides is 4. The van der Waals surface area contributed by atoms with Crippen LogP contribution in [-0.4, -0.2) is 79.5 Å². The first-order chi connectivity index (χ1) is 24.0. The van der Waals surface area contributed by atoms with Gasteiger partial charge in [-0.25, -0.2) is 4.79 Å². The van der Waals surface area contributed by atoms with E-state index in [0.29, 0.717) is 24.2 Å². The van der Waals surface area contributed by atoms with E-state index in [1.54, 1.807) is 0 Å². The lowest BCUT2D eigenvalue weighted by atomic mass is 9.79. The van der Waals surface area contributed by atoms with Crippen molar-refractivity contribution in [1.29, 1.82) is 0 Å². The first kappa shape index (κ1) is 41.1. The number of fused-ring (bicyclic) bond motifs is 3. The van der Waals surface area contributed by atoms with Gasteiger partial charge in [-0.15, -0.1) is 0 Å². The SMILES string of the molecule is C1CCNCC1.CC1CCC[C@@H](C)N1C(=O)OC(C)(C)C.O=COCC(=O)c1ccc2c(c1)C(F)(F)C(F)(F)c1cc(C(=O)COC=O)ccc1-2. The van der Waals surface area contributed by atoms with Crippen LogP contribution in [0.2, 0.25) is 0 Å². The quantitative estimate of drug-likeness (QED) is 0.130. The van der Waals surface area contributed by atoms with Gasteiger partial charge in [0, 0.05) is 34.3 Å². The Balaban J connectivity index is 0.000000275. The van der Waals surface area contributed by atoms with Crippen LogP contribution in [0.5, 0.6) is 0 Å². The highest BCUT2D eigenvalue weighted by Crippen LogP contribution is 2.58. The second-order valence-corrected chi connectivity index (χ2v) is 13.7. The summed E-state index contributed by atoms with van der Waals surface area (Å²) in [5.41, 5.74) is -3.66. The Labute approximate surface area is 295 Å². The summed E-state index contributed by atoms with van der Waals surface area (Å²) in [5, 5.41) is 3.28. The fourth-order valence-corrected chi connectivity index (χ4v) is 6.05. The van der Waals surface area contributed by atoms with Crippen molar-refractivity contribution in [2.24, 2.45) is 0 Å². The van der Waals surface area contributed by atoms with Gasteiger partial charge in [-0.05, 0) is 103 Å². The van der Waals surface area contributed by atoms with Crippen LogP contribution in [0.15, 0.2) is 36.4 Å². The van der Waals surface area contributed by atoms with E-state index >= 15 is 0 Å². The van der Waals surface area contributed by atoms with E-state index in [4.69, 9.17) is 4.74 Å². The zero-order chi connectivity index (χ0) is 38.0. The van der Waals surface area contributed by atoms with Gasteiger partial charge in [-0.3, -0.25) is 19.2 Å². The van der Waals surface area contributed by atoms with Gasteiger partial charge in [0.15, 0.2) is 24.8 Å². The molecule has 0 saturated carbocycles. The fourth-order valence-electron chi connectivity index (χ4n) is 6.05. The average molecular weight is 723 g/mol. The van der Waals surface area contributed by atoms with Gasteiger partial charge in [-0.1, -0.05) is 30.7 Å². The highest BCUT2D eigenvalue weighted by atomic mass is 19.3.